The fraction of sp³-hybridized carbons (Fsp3) is 0.368. The third-order valence-corrected chi connectivity index (χ3v) is 5.99. The Morgan fingerprint density at radius 1 is 0.325 bits per heavy atom. The number of hydrogen-bond acceptors (Lipinski definition) is 0. The minimum atomic E-state index is 1.02. The van der Waals surface area contributed by atoms with Crippen molar-refractivity contribution in [2.45, 2.75) is 96.2 Å². The second-order valence-electron chi connectivity index (χ2n) is 7.56. The average Bonchev–Trinajstić information content (AvgIpc) is 3.58. The lowest BCUT2D eigenvalue weighted by Crippen LogP contribution is -1.91. The van der Waals surface area contributed by atoms with Crippen molar-refractivity contribution >= 4 is 43.6 Å². The van der Waals surface area contributed by atoms with Crippen LogP contribution in [0.25, 0.3) is 43.6 Å². The first-order chi connectivity index (χ1) is 19.8. The minimum absolute atomic E-state index is 1.02. The molecular weight excluding hydrogens is 484 g/mol. The molecule has 0 bridgehead atoms. The number of rotatable bonds is 2. The molecule has 0 atom stereocenters. The summed E-state index contributed by atoms with van der Waals surface area (Å²) in [7, 11) is 0. The molecule has 0 spiro atoms. The predicted octanol–water partition coefficient (Wildman–Crippen LogP) is 12.8. The normalized spacial score (nSPS) is 9.20. The molecule has 40 heavy (non-hydrogen) atoms. The topological polar surface area (TPSA) is 9.86 Å². The van der Waals surface area contributed by atoms with Gasteiger partial charge in [-0.15, -0.1) is 0 Å². The maximum absolute atomic E-state index is 2.37. The summed E-state index contributed by atoms with van der Waals surface area (Å²) in [6.45, 7) is 26.4. The molecule has 0 N–H and O–H groups in total. The zero-order chi connectivity index (χ0) is 30.5. The Morgan fingerprint density at radius 3 is 0.675 bits per heavy atom. The van der Waals surface area contributed by atoms with Gasteiger partial charge in [0.05, 0.1) is 0 Å². The highest BCUT2D eigenvalue weighted by molar-refractivity contribution is 6.08. The predicted molar refractivity (Wildman–Crippen MR) is 187 cm³/mol. The third-order valence-electron chi connectivity index (χ3n) is 5.99. The van der Waals surface area contributed by atoms with Crippen LogP contribution in [0.5, 0.6) is 0 Å². The molecule has 0 amide bonds. The lowest BCUT2D eigenvalue weighted by Gasteiger charge is -2.01. The zero-order valence-corrected chi connectivity index (χ0v) is 27.5. The van der Waals surface area contributed by atoms with E-state index >= 15 is 0 Å². The van der Waals surface area contributed by atoms with Crippen LogP contribution in [0.15, 0.2) is 97.1 Å². The van der Waals surface area contributed by atoms with Crippen molar-refractivity contribution in [3.05, 3.63) is 97.1 Å². The van der Waals surface area contributed by atoms with Crippen LogP contribution >= 0.6 is 0 Å². The van der Waals surface area contributed by atoms with Crippen molar-refractivity contribution in [2.75, 3.05) is 0 Å². The summed E-state index contributed by atoms with van der Waals surface area (Å²) in [4.78, 5) is 0. The van der Waals surface area contributed by atoms with Crippen LogP contribution in [0.4, 0.5) is 0 Å². The Morgan fingerprint density at radius 2 is 0.500 bits per heavy atom. The van der Waals surface area contributed by atoms with Crippen LogP contribution < -0.4 is 0 Å². The van der Waals surface area contributed by atoms with Crippen LogP contribution in [-0.2, 0) is 13.1 Å². The summed E-state index contributed by atoms with van der Waals surface area (Å²) in [6.07, 6.45) is 0. The van der Waals surface area contributed by atoms with Gasteiger partial charge in [-0.3, -0.25) is 0 Å². The van der Waals surface area contributed by atoms with E-state index in [2.05, 4.69) is 120 Å². The highest BCUT2D eigenvalue weighted by atomic mass is 15.0. The van der Waals surface area contributed by atoms with E-state index in [-0.39, 0.29) is 0 Å². The van der Waals surface area contributed by atoms with Gasteiger partial charge in [0.25, 0.3) is 0 Å². The van der Waals surface area contributed by atoms with E-state index in [9.17, 15) is 0 Å². The van der Waals surface area contributed by atoms with Crippen LogP contribution in [-0.4, -0.2) is 9.13 Å². The molecule has 2 heteroatoms. The number of hydrogen-bond donors (Lipinski definition) is 0. The van der Waals surface area contributed by atoms with Crippen LogP contribution in [0.3, 0.4) is 0 Å². The Kier molecular flexibility index (Phi) is 19.4. The molecular formula is C38H56N2. The molecule has 218 valence electrons. The Balaban J connectivity index is 0.000000582. The number of para-hydroxylation sites is 4. The molecule has 6 rings (SSSR count). The molecule has 2 nitrogen and oxygen atoms in total. The van der Waals surface area contributed by atoms with Gasteiger partial charge < -0.3 is 9.13 Å². The lowest BCUT2D eigenvalue weighted by atomic mass is 10.2. The molecule has 0 fully saturated rings. The maximum Gasteiger partial charge on any atom is 0.0491 e. The number of benzene rings is 4. The lowest BCUT2D eigenvalue weighted by molar-refractivity contribution is 0.827. The highest BCUT2D eigenvalue weighted by Crippen LogP contribution is 2.29. The SMILES string of the molecule is CC.CC.CC.CC.CC.CCn1c2ccccc2c2ccccc21.CCn1c2ccccc2c2ccccc21. The molecule has 2 heterocycles. The molecule has 0 unspecified atom stereocenters. The van der Waals surface area contributed by atoms with Crippen molar-refractivity contribution in [3.8, 4) is 0 Å². The summed E-state index contributed by atoms with van der Waals surface area (Å²) in [6, 6.07) is 34.4. The molecule has 6 aromatic rings. The van der Waals surface area contributed by atoms with Crippen LogP contribution in [0.1, 0.15) is 83.1 Å². The first-order valence-electron chi connectivity index (χ1n) is 15.8. The van der Waals surface area contributed by atoms with Gasteiger partial charge in [0.1, 0.15) is 0 Å². The van der Waals surface area contributed by atoms with E-state index in [0.717, 1.165) is 13.1 Å². The molecule has 4 aromatic carbocycles. The molecule has 0 aliphatic rings. The summed E-state index contributed by atoms with van der Waals surface area (Å²) in [5.41, 5.74) is 5.34. The van der Waals surface area contributed by atoms with Crippen LogP contribution in [0.2, 0.25) is 0 Å². The molecule has 0 aliphatic heterocycles. The fourth-order valence-electron chi connectivity index (χ4n) is 4.69. The van der Waals surface area contributed by atoms with Gasteiger partial charge in [-0.1, -0.05) is 142 Å². The van der Waals surface area contributed by atoms with Gasteiger partial charge in [0.15, 0.2) is 0 Å². The van der Waals surface area contributed by atoms with Crippen molar-refractivity contribution in [2.24, 2.45) is 0 Å². The number of aryl methyl sites for hydroxylation is 2. The highest BCUT2D eigenvalue weighted by Gasteiger charge is 2.08. The average molecular weight is 541 g/mol. The van der Waals surface area contributed by atoms with Crippen molar-refractivity contribution in [1.82, 2.24) is 9.13 Å². The van der Waals surface area contributed by atoms with Crippen molar-refractivity contribution in [1.29, 1.82) is 0 Å². The summed E-state index contributed by atoms with van der Waals surface area (Å²) in [5.74, 6) is 0. The van der Waals surface area contributed by atoms with E-state index in [1.54, 1.807) is 0 Å². The first-order valence-corrected chi connectivity index (χ1v) is 15.8. The van der Waals surface area contributed by atoms with Gasteiger partial charge in [-0.2, -0.15) is 0 Å². The Bertz CT molecular complexity index is 1250. The van der Waals surface area contributed by atoms with Gasteiger partial charge in [0, 0.05) is 56.7 Å². The second-order valence-corrected chi connectivity index (χ2v) is 7.56. The third kappa shape index (κ3) is 8.24. The Labute approximate surface area is 245 Å². The first kappa shape index (κ1) is 36.5. The largest absolute Gasteiger partial charge is 0.341 e. The van der Waals surface area contributed by atoms with Gasteiger partial charge in [-0.25, -0.2) is 0 Å². The van der Waals surface area contributed by atoms with E-state index in [1.807, 2.05) is 69.2 Å². The van der Waals surface area contributed by atoms with Crippen LogP contribution in [0, 0.1) is 0 Å². The molecule has 0 radical (unpaired) electrons. The van der Waals surface area contributed by atoms with E-state index in [1.165, 1.54) is 43.6 Å². The number of nitrogens with zero attached hydrogens (tertiary/aromatic N) is 2. The quantitative estimate of drug-likeness (QED) is 0.207. The van der Waals surface area contributed by atoms with Crippen molar-refractivity contribution < 1.29 is 0 Å². The van der Waals surface area contributed by atoms with Crippen molar-refractivity contribution in [3.63, 3.8) is 0 Å². The minimum Gasteiger partial charge on any atom is -0.341 e. The zero-order valence-electron chi connectivity index (χ0n) is 27.5. The molecule has 2 aromatic heterocycles. The van der Waals surface area contributed by atoms with Gasteiger partial charge in [0.2, 0.25) is 0 Å². The van der Waals surface area contributed by atoms with E-state index in [0.29, 0.717) is 0 Å². The summed E-state index contributed by atoms with van der Waals surface area (Å²) < 4.78 is 4.73. The monoisotopic (exact) mass is 540 g/mol. The maximum atomic E-state index is 2.37. The number of fused-ring (bicyclic) bond motifs is 6. The molecule has 0 saturated carbocycles. The fourth-order valence-corrected chi connectivity index (χ4v) is 4.69. The van der Waals surface area contributed by atoms with E-state index < -0.39 is 0 Å². The number of aromatic nitrogens is 2. The molecule has 0 saturated heterocycles. The summed E-state index contributed by atoms with van der Waals surface area (Å²) in [5, 5.41) is 5.43. The van der Waals surface area contributed by atoms with Gasteiger partial charge >= 0.3 is 0 Å². The summed E-state index contributed by atoms with van der Waals surface area (Å²) >= 11 is 0. The second kappa shape index (κ2) is 21.3. The Hall–Kier alpha value is -3.52. The van der Waals surface area contributed by atoms with Gasteiger partial charge in [-0.05, 0) is 38.1 Å². The molecule has 0 aliphatic carbocycles. The smallest absolute Gasteiger partial charge is 0.0491 e. The standard InChI is InChI=1S/2C14H13N.5C2H6/c2*1-2-15-13-9-5-3-7-11(13)12-8-4-6-10-14(12)15;5*1-2/h2*3-10H,2H2,1H3;5*1-2H3. The van der Waals surface area contributed by atoms with E-state index in [4.69, 9.17) is 0 Å².